The number of sulfone groups is 1. The van der Waals surface area contributed by atoms with Crippen LogP contribution in [0.2, 0.25) is 0 Å². The lowest BCUT2D eigenvalue weighted by atomic mass is 9.96. The molecule has 0 spiro atoms. The first kappa shape index (κ1) is 13.6. The third-order valence-corrected chi connectivity index (χ3v) is 5.30. The topological polar surface area (TPSA) is 59.3 Å². The van der Waals surface area contributed by atoms with Crippen molar-refractivity contribution < 1.29 is 12.8 Å². The molecule has 5 heteroatoms. The Bertz CT molecular complexity index is 453. The van der Waals surface area contributed by atoms with Gasteiger partial charge in [0.05, 0.1) is 17.8 Å². The summed E-state index contributed by atoms with van der Waals surface area (Å²) in [5.41, 5.74) is 0. The minimum Gasteiger partial charge on any atom is -0.469 e. The van der Waals surface area contributed by atoms with E-state index in [9.17, 15) is 8.42 Å². The van der Waals surface area contributed by atoms with E-state index in [2.05, 4.69) is 12.2 Å². The molecule has 0 aliphatic carbocycles. The molecule has 2 heterocycles. The molecule has 4 nitrogen and oxygen atoms in total. The number of nitrogens with one attached hydrogen (secondary N) is 1. The van der Waals surface area contributed by atoms with Crippen LogP contribution in [0.1, 0.15) is 25.5 Å². The van der Waals surface area contributed by atoms with Gasteiger partial charge in [0.2, 0.25) is 0 Å². The summed E-state index contributed by atoms with van der Waals surface area (Å²) in [6.07, 6.45) is 4.23. The van der Waals surface area contributed by atoms with Gasteiger partial charge in [-0.15, -0.1) is 0 Å². The smallest absolute Gasteiger partial charge is 0.150 e. The van der Waals surface area contributed by atoms with Crippen molar-refractivity contribution in [2.24, 2.45) is 5.92 Å². The molecular weight excluding hydrogens is 250 g/mol. The van der Waals surface area contributed by atoms with Gasteiger partial charge in [-0.2, -0.15) is 0 Å². The second-order valence-electron chi connectivity index (χ2n) is 5.04. The number of furan rings is 1. The molecule has 0 saturated carbocycles. The van der Waals surface area contributed by atoms with Crippen LogP contribution in [0.5, 0.6) is 0 Å². The molecule has 1 fully saturated rings. The third kappa shape index (κ3) is 3.85. The van der Waals surface area contributed by atoms with Gasteiger partial charge in [0.15, 0.2) is 9.84 Å². The van der Waals surface area contributed by atoms with Gasteiger partial charge in [-0.3, -0.25) is 0 Å². The standard InChI is InChI=1S/C13H21NO3S/c1-2-14-12(9-13-4-3-6-17-13)8-11-5-7-18(15,16)10-11/h3-4,6,11-12,14H,2,5,7-10H2,1H3. The summed E-state index contributed by atoms with van der Waals surface area (Å²) in [6.45, 7) is 2.96. The van der Waals surface area contributed by atoms with E-state index in [-0.39, 0.29) is 0 Å². The molecule has 102 valence electrons. The second kappa shape index (κ2) is 5.89. The molecule has 1 N–H and O–H groups in total. The molecule has 1 saturated heterocycles. The first-order valence-electron chi connectivity index (χ1n) is 6.55. The summed E-state index contributed by atoms with van der Waals surface area (Å²) in [5, 5.41) is 3.42. The Morgan fingerprint density at radius 2 is 2.39 bits per heavy atom. The van der Waals surface area contributed by atoms with Crippen LogP contribution in [0.15, 0.2) is 22.8 Å². The van der Waals surface area contributed by atoms with Crippen LogP contribution in [0, 0.1) is 5.92 Å². The Kier molecular flexibility index (Phi) is 4.45. The maximum Gasteiger partial charge on any atom is 0.150 e. The van der Waals surface area contributed by atoms with Crippen molar-refractivity contribution >= 4 is 9.84 Å². The van der Waals surface area contributed by atoms with Crippen molar-refractivity contribution in [1.29, 1.82) is 0 Å². The van der Waals surface area contributed by atoms with Gasteiger partial charge in [0.25, 0.3) is 0 Å². The van der Waals surface area contributed by atoms with Crippen LogP contribution >= 0.6 is 0 Å². The van der Waals surface area contributed by atoms with Crippen LogP contribution in [0.4, 0.5) is 0 Å². The van der Waals surface area contributed by atoms with Crippen LogP contribution in [-0.4, -0.2) is 32.5 Å². The zero-order chi connectivity index (χ0) is 13.0. The van der Waals surface area contributed by atoms with Gasteiger partial charge < -0.3 is 9.73 Å². The zero-order valence-corrected chi connectivity index (χ0v) is 11.6. The number of hydrogen-bond acceptors (Lipinski definition) is 4. The average Bonchev–Trinajstić information content (AvgIpc) is 2.89. The molecule has 18 heavy (non-hydrogen) atoms. The summed E-state index contributed by atoms with van der Waals surface area (Å²) >= 11 is 0. The molecule has 0 bridgehead atoms. The molecule has 0 radical (unpaired) electrons. The van der Waals surface area contributed by atoms with Gasteiger partial charge >= 0.3 is 0 Å². The van der Waals surface area contributed by atoms with Crippen molar-refractivity contribution in [2.75, 3.05) is 18.1 Å². The molecule has 1 aromatic rings. The monoisotopic (exact) mass is 271 g/mol. The maximum atomic E-state index is 11.5. The Balaban J connectivity index is 1.90. The van der Waals surface area contributed by atoms with E-state index in [1.165, 1.54) is 0 Å². The summed E-state index contributed by atoms with van der Waals surface area (Å²) < 4.78 is 28.3. The Morgan fingerprint density at radius 3 is 2.94 bits per heavy atom. The van der Waals surface area contributed by atoms with E-state index in [0.29, 0.717) is 23.5 Å². The number of hydrogen-bond donors (Lipinski definition) is 1. The van der Waals surface area contributed by atoms with E-state index in [1.54, 1.807) is 6.26 Å². The Morgan fingerprint density at radius 1 is 1.56 bits per heavy atom. The molecule has 2 rings (SSSR count). The van der Waals surface area contributed by atoms with Crippen molar-refractivity contribution in [1.82, 2.24) is 5.32 Å². The van der Waals surface area contributed by atoms with Crippen molar-refractivity contribution in [2.45, 2.75) is 32.2 Å². The predicted octanol–water partition coefficient (Wildman–Crippen LogP) is 1.62. The highest BCUT2D eigenvalue weighted by Crippen LogP contribution is 2.24. The van der Waals surface area contributed by atoms with Crippen LogP contribution in [0.3, 0.4) is 0 Å². The first-order valence-corrected chi connectivity index (χ1v) is 8.37. The molecule has 1 aliphatic rings. The molecular formula is C13H21NO3S. The van der Waals surface area contributed by atoms with E-state index in [0.717, 1.165) is 31.6 Å². The zero-order valence-electron chi connectivity index (χ0n) is 10.8. The van der Waals surface area contributed by atoms with Gasteiger partial charge in [-0.1, -0.05) is 6.92 Å². The van der Waals surface area contributed by atoms with E-state index in [1.807, 2.05) is 12.1 Å². The van der Waals surface area contributed by atoms with E-state index >= 15 is 0 Å². The fourth-order valence-corrected chi connectivity index (χ4v) is 4.54. The average molecular weight is 271 g/mol. The number of rotatable bonds is 6. The highest BCUT2D eigenvalue weighted by atomic mass is 32.2. The van der Waals surface area contributed by atoms with Crippen molar-refractivity contribution in [3.8, 4) is 0 Å². The predicted molar refractivity (Wildman–Crippen MR) is 71.3 cm³/mol. The molecule has 2 atom stereocenters. The summed E-state index contributed by atoms with van der Waals surface area (Å²) in [7, 11) is -2.77. The summed E-state index contributed by atoms with van der Waals surface area (Å²) in [6, 6.07) is 4.16. The lowest BCUT2D eigenvalue weighted by molar-refractivity contribution is 0.382. The Labute approximate surface area is 109 Å². The van der Waals surface area contributed by atoms with E-state index in [4.69, 9.17) is 4.42 Å². The highest BCUT2D eigenvalue weighted by Gasteiger charge is 2.29. The minimum absolute atomic E-state index is 0.300. The van der Waals surface area contributed by atoms with Crippen LogP contribution in [-0.2, 0) is 16.3 Å². The van der Waals surface area contributed by atoms with E-state index < -0.39 is 9.84 Å². The van der Waals surface area contributed by atoms with Crippen LogP contribution < -0.4 is 5.32 Å². The largest absolute Gasteiger partial charge is 0.469 e. The molecule has 0 amide bonds. The second-order valence-corrected chi connectivity index (χ2v) is 7.27. The van der Waals surface area contributed by atoms with Gasteiger partial charge in [0.1, 0.15) is 5.76 Å². The van der Waals surface area contributed by atoms with Gasteiger partial charge in [0, 0.05) is 12.5 Å². The van der Waals surface area contributed by atoms with Gasteiger partial charge in [-0.05, 0) is 37.4 Å². The lowest BCUT2D eigenvalue weighted by Gasteiger charge is -2.19. The molecule has 0 aromatic carbocycles. The molecule has 1 aliphatic heterocycles. The van der Waals surface area contributed by atoms with Gasteiger partial charge in [-0.25, -0.2) is 8.42 Å². The first-order chi connectivity index (χ1) is 8.59. The molecule has 2 unspecified atom stereocenters. The summed E-state index contributed by atoms with van der Waals surface area (Å²) in [4.78, 5) is 0. The van der Waals surface area contributed by atoms with Crippen molar-refractivity contribution in [3.63, 3.8) is 0 Å². The fraction of sp³-hybridized carbons (Fsp3) is 0.692. The van der Waals surface area contributed by atoms with Crippen molar-refractivity contribution in [3.05, 3.63) is 24.2 Å². The maximum absolute atomic E-state index is 11.5. The Hall–Kier alpha value is -0.810. The SMILES string of the molecule is CCNC(Cc1ccco1)CC1CCS(=O)(=O)C1. The third-order valence-electron chi connectivity index (χ3n) is 3.47. The highest BCUT2D eigenvalue weighted by molar-refractivity contribution is 7.91. The normalized spacial score (nSPS) is 24.2. The quantitative estimate of drug-likeness (QED) is 0.854. The van der Waals surface area contributed by atoms with Crippen LogP contribution in [0.25, 0.3) is 0 Å². The molecule has 1 aromatic heterocycles. The minimum atomic E-state index is -2.77. The fourth-order valence-electron chi connectivity index (χ4n) is 2.66. The summed E-state index contributed by atoms with van der Waals surface area (Å²) in [5.74, 6) is 1.97. The number of likely N-dealkylation sites (N-methyl/N-ethyl adjacent to an activating group) is 1. The lowest BCUT2D eigenvalue weighted by Crippen LogP contribution is -2.33.